The van der Waals surface area contributed by atoms with Gasteiger partial charge in [0.15, 0.2) is 11.5 Å². The van der Waals surface area contributed by atoms with Crippen molar-refractivity contribution in [2.45, 2.75) is 38.1 Å². The molecule has 3 aromatic rings. The number of likely N-dealkylation sites (N-methyl/N-ethyl adjacent to an activating group) is 1. The standard InChI is InChI=1S/C24H25ClN4O/c1-14-19(12-26)21-23(30-24(27-21)15-7-8-15)22(29-10-9-18(13-29)28(2)3)20(14)16-5-4-6-17(25)11-16/h4-6,11,15,18H,7-10,13H2,1-3H3. The number of hydrogen-bond acceptors (Lipinski definition) is 5. The summed E-state index contributed by atoms with van der Waals surface area (Å²) < 4.78 is 6.37. The normalized spacial score (nSPS) is 19.1. The van der Waals surface area contributed by atoms with Crippen LogP contribution in [0.15, 0.2) is 28.7 Å². The first-order valence-electron chi connectivity index (χ1n) is 10.5. The van der Waals surface area contributed by atoms with Crippen molar-refractivity contribution < 1.29 is 4.42 Å². The van der Waals surface area contributed by atoms with Gasteiger partial charge in [-0.05, 0) is 63.5 Å². The van der Waals surface area contributed by atoms with Gasteiger partial charge in [-0.15, -0.1) is 0 Å². The number of benzene rings is 2. The van der Waals surface area contributed by atoms with E-state index in [1.807, 2.05) is 25.1 Å². The van der Waals surface area contributed by atoms with Crippen LogP contribution in [0, 0.1) is 18.3 Å². The molecule has 30 heavy (non-hydrogen) atoms. The fourth-order valence-corrected chi connectivity index (χ4v) is 4.76. The lowest BCUT2D eigenvalue weighted by atomic mass is 9.93. The molecule has 0 spiro atoms. The van der Waals surface area contributed by atoms with Gasteiger partial charge in [-0.2, -0.15) is 5.26 Å². The van der Waals surface area contributed by atoms with Crippen LogP contribution in [0.1, 0.15) is 42.2 Å². The second kappa shape index (κ2) is 7.30. The predicted molar refractivity (Wildman–Crippen MR) is 120 cm³/mol. The molecule has 0 amide bonds. The number of fused-ring (bicyclic) bond motifs is 1. The second-order valence-corrected chi connectivity index (χ2v) is 9.14. The zero-order chi connectivity index (χ0) is 21.0. The average molecular weight is 421 g/mol. The second-order valence-electron chi connectivity index (χ2n) is 8.70. The topological polar surface area (TPSA) is 56.3 Å². The molecule has 0 bridgehead atoms. The van der Waals surface area contributed by atoms with Gasteiger partial charge < -0.3 is 14.2 Å². The molecule has 5 rings (SSSR count). The molecular formula is C24H25ClN4O. The summed E-state index contributed by atoms with van der Waals surface area (Å²) in [6, 6.07) is 10.7. The zero-order valence-corrected chi connectivity index (χ0v) is 18.3. The summed E-state index contributed by atoms with van der Waals surface area (Å²) in [4.78, 5) is 9.48. The summed E-state index contributed by atoms with van der Waals surface area (Å²) in [7, 11) is 4.26. The lowest BCUT2D eigenvalue weighted by Crippen LogP contribution is -2.31. The molecular weight excluding hydrogens is 396 g/mol. The van der Waals surface area contributed by atoms with Crippen molar-refractivity contribution in [2.24, 2.45) is 0 Å². The van der Waals surface area contributed by atoms with Crippen molar-refractivity contribution in [2.75, 3.05) is 32.1 Å². The van der Waals surface area contributed by atoms with E-state index in [2.05, 4.69) is 36.0 Å². The zero-order valence-electron chi connectivity index (χ0n) is 17.6. The Kier molecular flexibility index (Phi) is 4.72. The van der Waals surface area contributed by atoms with Gasteiger partial charge in [-0.3, -0.25) is 0 Å². The molecule has 1 saturated heterocycles. The summed E-state index contributed by atoms with van der Waals surface area (Å²) in [5.74, 6) is 1.16. The molecule has 1 aliphatic heterocycles. The molecule has 2 aliphatic rings. The number of rotatable bonds is 4. The van der Waals surface area contributed by atoms with E-state index in [1.165, 1.54) is 0 Å². The van der Waals surface area contributed by atoms with Crippen LogP contribution in [-0.4, -0.2) is 43.1 Å². The monoisotopic (exact) mass is 420 g/mol. The molecule has 1 unspecified atom stereocenters. The van der Waals surface area contributed by atoms with Crippen LogP contribution < -0.4 is 4.90 Å². The molecule has 1 atom stereocenters. The number of halogens is 1. The highest BCUT2D eigenvalue weighted by atomic mass is 35.5. The fraction of sp³-hybridized carbons (Fsp3) is 0.417. The average Bonchev–Trinajstić information content (AvgIpc) is 3.28. The van der Waals surface area contributed by atoms with Crippen molar-refractivity contribution in [1.29, 1.82) is 5.26 Å². The van der Waals surface area contributed by atoms with Crippen LogP contribution >= 0.6 is 11.6 Å². The van der Waals surface area contributed by atoms with Crippen molar-refractivity contribution in [1.82, 2.24) is 9.88 Å². The van der Waals surface area contributed by atoms with Gasteiger partial charge in [0.2, 0.25) is 0 Å². The third kappa shape index (κ3) is 3.15. The van der Waals surface area contributed by atoms with Gasteiger partial charge in [0.1, 0.15) is 11.6 Å². The van der Waals surface area contributed by atoms with E-state index in [0.29, 0.717) is 28.1 Å². The summed E-state index contributed by atoms with van der Waals surface area (Å²) in [6.45, 7) is 3.87. The maximum Gasteiger partial charge on any atom is 0.198 e. The van der Waals surface area contributed by atoms with Crippen LogP contribution in [0.5, 0.6) is 0 Å². The van der Waals surface area contributed by atoms with Gasteiger partial charge in [0, 0.05) is 35.6 Å². The van der Waals surface area contributed by atoms with E-state index < -0.39 is 0 Å². The number of anilines is 1. The molecule has 6 heteroatoms. The van der Waals surface area contributed by atoms with Crippen LogP contribution in [0.3, 0.4) is 0 Å². The Morgan fingerprint density at radius 2 is 2.07 bits per heavy atom. The summed E-state index contributed by atoms with van der Waals surface area (Å²) >= 11 is 6.35. The molecule has 2 fully saturated rings. The maximum atomic E-state index is 10.00. The number of hydrogen-bond donors (Lipinski definition) is 0. The molecule has 1 saturated carbocycles. The quantitative estimate of drug-likeness (QED) is 0.569. The van der Waals surface area contributed by atoms with Crippen molar-refractivity contribution in [3.8, 4) is 17.2 Å². The highest BCUT2D eigenvalue weighted by molar-refractivity contribution is 6.31. The molecule has 2 heterocycles. The van der Waals surface area contributed by atoms with Crippen molar-refractivity contribution in [3.63, 3.8) is 0 Å². The van der Waals surface area contributed by atoms with Crippen molar-refractivity contribution in [3.05, 3.63) is 46.3 Å². The first-order valence-corrected chi connectivity index (χ1v) is 10.9. The van der Waals surface area contributed by atoms with E-state index in [9.17, 15) is 5.26 Å². The smallest absolute Gasteiger partial charge is 0.198 e. The highest BCUT2D eigenvalue weighted by Gasteiger charge is 2.34. The Balaban J connectivity index is 1.80. The first-order chi connectivity index (χ1) is 14.5. The third-order valence-corrected chi connectivity index (χ3v) is 6.68. The van der Waals surface area contributed by atoms with Gasteiger partial charge in [0.25, 0.3) is 0 Å². The van der Waals surface area contributed by atoms with Crippen LogP contribution in [-0.2, 0) is 0 Å². The van der Waals surface area contributed by atoms with E-state index in [-0.39, 0.29) is 0 Å². The number of nitriles is 1. The van der Waals surface area contributed by atoms with Gasteiger partial charge >= 0.3 is 0 Å². The number of oxazole rings is 1. The molecule has 154 valence electrons. The van der Waals surface area contributed by atoms with Gasteiger partial charge in [-0.25, -0.2) is 4.98 Å². The minimum absolute atomic E-state index is 0.389. The highest BCUT2D eigenvalue weighted by Crippen LogP contribution is 2.47. The first kappa shape index (κ1) is 19.4. The van der Waals surface area contributed by atoms with E-state index in [4.69, 9.17) is 21.0 Å². The SMILES string of the molecule is Cc1c(-c2cccc(Cl)c2)c(N2CCC(N(C)C)C2)c2oc(C3CC3)nc2c1C#N. The molecule has 2 aromatic carbocycles. The Morgan fingerprint density at radius 1 is 1.27 bits per heavy atom. The Bertz CT molecular complexity index is 1170. The summed E-state index contributed by atoms with van der Waals surface area (Å²) in [6.07, 6.45) is 3.30. The van der Waals surface area contributed by atoms with Gasteiger partial charge in [0.05, 0.1) is 11.3 Å². The predicted octanol–water partition coefficient (Wildman–Crippen LogP) is 5.35. The third-order valence-electron chi connectivity index (χ3n) is 6.44. The fourth-order valence-electron chi connectivity index (χ4n) is 4.57. The maximum absolute atomic E-state index is 10.00. The summed E-state index contributed by atoms with van der Waals surface area (Å²) in [5, 5.41) is 10.7. The minimum Gasteiger partial charge on any atom is -0.438 e. The Labute approximate surface area is 181 Å². The van der Waals surface area contributed by atoms with Crippen molar-refractivity contribution >= 4 is 28.4 Å². The molecule has 5 nitrogen and oxygen atoms in total. The van der Waals surface area contributed by atoms with Gasteiger partial charge in [-0.1, -0.05) is 23.7 Å². The van der Waals surface area contributed by atoms with E-state index >= 15 is 0 Å². The lowest BCUT2D eigenvalue weighted by molar-refractivity contribution is 0.315. The van der Waals surface area contributed by atoms with Crippen LogP contribution in [0.2, 0.25) is 5.02 Å². The molecule has 1 aliphatic carbocycles. The van der Waals surface area contributed by atoms with Crippen LogP contribution in [0.25, 0.3) is 22.2 Å². The van der Waals surface area contributed by atoms with Crippen LogP contribution in [0.4, 0.5) is 5.69 Å². The molecule has 1 aromatic heterocycles. The minimum atomic E-state index is 0.389. The largest absolute Gasteiger partial charge is 0.438 e. The molecule has 0 radical (unpaired) electrons. The lowest BCUT2D eigenvalue weighted by Gasteiger charge is -2.25. The Morgan fingerprint density at radius 3 is 2.70 bits per heavy atom. The number of nitrogens with zero attached hydrogens (tertiary/aromatic N) is 4. The summed E-state index contributed by atoms with van der Waals surface area (Å²) in [5.41, 5.74) is 6.06. The Hall–Kier alpha value is -2.55. The number of aromatic nitrogens is 1. The van der Waals surface area contributed by atoms with E-state index in [0.717, 1.165) is 66.2 Å². The van der Waals surface area contributed by atoms with E-state index in [1.54, 1.807) is 0 Å². The molecule has 0 N–H and O–H groups in total.